The van der Waals surface area contributed by atoms with E-state index in [1.165, 1.54) is 22.3 Å². The molecule has 0 N–H and O–H groups in total. The molecule has 3 aromatic rings. The van der Waals surface area contributed by atoms with Gasteiger partial charge in [-0.15, -0.1) is 0 Å². The normalized spacial score (nSPS) is 19.6. The number of esters is 1. The van der Waals surface area contributed by atoms with Gasteiger partial charge in [0, 0.05) is 65.0 Å². The van der Waals surface area contributed by atoms with Crippen LogP contribution in [0.2, 0.25) is 0 Å². The van der Waals surface area contributed by atoms with Crippen molar-refractivity contribution in [2.24, 2.45) is 5.41 Å². The minimum absolute atomic E-state index is 0.131. The summed E-state index contributed by atoms with van der Waals surface area (Å²) in [4.78, 5) is 16.3. The lowest BCUT2D eigenvalue weighted by atomic mass is 9.83. The first kappa shape index (κ1) is 31.4. The average molecular weight is 632 g/mol. The minimum atomic E-state index is -0.322. The van der Waals surface area contributed by atoms with Crippen molar-refractivity contribution >= 4 is 28.4 Å². The molecule has 1 fully saturated rings. The number of nitrogens with zero attached hydrogens (tertiary/aromatic N) is 2. The summed E-state index contributed by atoms with van der Waals surface area (Å²) in [6.45, 7) is 23.2. The van der Waals surface area contributed by atoms with Gasteiger partial charge in [-0.25, -0.2) is 9.37 Å². The zero-order valence-electron chi connectivity index (χ0n) is 29.3. The number of hydrogen-bond donors (Lipinski definition) is 0. The summed E-state index contributed by atoms with van der Waals surface area (Å²) < 4.78 is 20.7. The molecule has 0 spiro atoms. The monoisotopic (exact) mass is 631 g/mol. The van der Waals surface area contributed by atoms with E-state index in [-0.39, 0.29) is 22.5 Å². The number of anilines is 1. The van der Waals surface area contributed by atoms with E-state index >= 15 is 0 Å². The van der Waals surface area contributed by atoms with E-state index in [1.807, 2.05) is 24.3 Å². The lowest BCUT2D eigenvalue weighted by Crippen LogP contribution is -2.49. The van der Waals surface area contributed by atoms with Crippen molar-refractivity contribution in [1.82, 2.24) is 4.58 Å². The summed E-state index contributed by atoms with van der Waals surface area (Å²) in [6, 6.07) is 16.8. The average Bonchev–Trinajstić information content (AvgIpc) is 3.00. The number of likely N-dealkylation sites (N-methyl/N-ethyl adjacent to an activating group) is 2. The second kappa shape index (κ2) is 10.9. The summed E-state index contributed by atoms with van der Waals surface area (Å²) in [5, 5.41) is 2.14. The van der Waals surface area contributed by atoms with Crippen LogP contribution in [0.5, 0.6) is 11.5 Å². The largest absolute Gasteiger partial charge is 0.461 e. The molecule has 6 heteroatoms. The van der Waals surface area contributed by atoms with Gasteiger partial charge < -0.3 is 19.1 Å². The molecule has 6 nitrogen and oxygen atoms in total. The molecule has 0 saturated carbocycles. The summed E-state index contributed by atoms with van der Waals surface area (Å²) in [6.07, 6.45) is 4.70. The van der Waals surface area contributed by atoms with E-state index < -0.39 is 0 Å². The van der Waals surface area contributed by atoms with Gasteiger partial charge in [-0.2, -0.15) is 0 Å². The Kier molecular flexibility index (Phi) is 7.32. The number of fused-ring (bicyclic) bond motifs is 4. The van der Waals surface area contributed by atoms with Crippen molar-refractivity contribution in [2.45, 2.75) is 73.4 Å². The Labute approximate surface area is 278 Å². The first-order valence-corrected chi connectivity index (χ1v) is 17.0. The summed E-state index contributed by atoms with van der Waals surface area (Å²) in [5.41, 5.74) is 8.94. The maximum atomic E-state index is 13.9. The van der Waals surface area contributed by atoms with Crippen LogP contribution in [0, 0.1) is 5.41 Å². The van der Waals surface area contributed by atoms with Crippen molar-refractivity contribution in [3.05, 3.63) is 99.1 Å². The number of carbonyl (C=O) groups is 1. The van der Waals surface area contributed by atoms with Crippen LogP contribution >= 0.6 is 0 Å². The van der Waals surface area contributed by atoms with Gasteiger partial charge in [0.25, 0.3) is 0 Å². The molecule has 4 heterocycles. The highest BCUT2D eigenvalue weighted by molar-refractivity contribution is 6.00. The van der Waals surface area contributed by atoms with E-state index in [1.54, 1.807) is 0 Å². The number of hydrogen-bond acceptors (Lipinski definition) is 5. The molecular formula is C41H47N2O4+. The molecule has 47 heavy (non-hydrogen) atoms. The number of allylic oxidation sites excluding steroid dienone is 2. The van der Waals surface area contributed by atoms with Crippen molar-refractivity contribution < 1.29 is 19.0 Å². The number of benzene rings is 3. The van der Waals surface area contributed by atoms with Crippen LogP contribution < -0.4 is 24.8 Å². The SMILES string of the molecule is CCN1c2cc3c(cc2C(C)=CC1(C)C)C(c1ccccc1C(=O)OCC1(C)COC1)=c1cc2c(cc1O3)=[N+](CC)C(C)(C)C=C2C. The molecule has 1 saturated heterocycles. The van der Waals surface area contributed by atoms with E-state index in [2.05, 4.69) is 108 Å². The van der Waals surface area contributed by atoms with E-state index in [4.69, 9.17) is 14.2 Å². The van der Waals surface area contributed by atoms with Crippen LogP contribution in [0.25, 0.3) is 16.7 Å². The van der Waals surface area contributed by atoms with Gasteiger partial charge >= 0.3 is 5.97 Å². The van der Waals surface area contributed by atoms with Crippen LogP contribution in [0.15, 0.2) is 60.7 Å². The maximum absolute atomic E-state index is 13.9. The van der Waals surface area contributed by atoms with Gasteiger partial charge in [0.05, 0.1) is 30.4 Å². The number of ether oxygens (including phenoxy) is 3. The van der Waals surface area contributed by atoms with Crippen LogP contribution in [-0.4, -0.2) is 50.0 Å². The highest BCUT2D eigenvalue weighted by Crippen LogP contribution is 2.46. The highest BCUT2D eigenvalue weighted by Gasteiger charge is 2.38. The molecule has 0 amide bonds. The summed E-state index contributed by atoms with van der Waals surface area (Å²) in [5.74, 6) is 1.27. The molecule has 0 aliphatic carbocycles. The molecule has 244 valence electrons. The third kappa shape index (κ3) is 5.04. The smallest absolute Gasteiger partial charge is 0.338 e. The molecular weight excluding hydrogens is 584 g/mol. The Morgan fingerprint density at radius 3 is 2.28 bits per heavy atom. The number of carbonyl (C=O) groups excluding carboxylic acids is 1. The van der Waals surface area contributed by atoms with Crippen LogP contribution in [-0.2, 0) is 9.47 Å². The van der Waals surface area contributed by atoms with E-state index in [0.717, 1.165) is 57.6 Å². The van der Waals surface area contributed by atoms with Crippen molar-refractivity contribution in [3.63, 3.8) is 0 Å². The molecule has 0 bridgehead atoms. The molecule has 4 aliphatic rings. The summed E-state index contributed by atoms with van der Waals surface area (Å²) >= 11 is 0. The van der Waals surface area contributed by atoms with Crippen LogP contribution in [0.1, 0.15) is 94.9 Å². The molecule has 0 aromatic heterocycles. The molecule has 0 unspecified atom stereocenters. The minimum Gasteiger partial charge on any atom is -0.461 e. The molecule has 7 rings (SSSR count). The lowest BCUT2D eigenvalue weighted by Gasteiger charge is -2.43. The topological polar surface area (TPSA) is 51.0 Å². The Morgan fingerprint density at radius 2 is 1.60 bits per heavy atom. The Morgan fingerprint density at radius 1 is 0.872 bits per heavy atom. The first-order chi connectivity index (χ1) is 22.3. The molecule has 4 aliphatic heterocycles. The maximum Gasteiger partial charge on any atom is 0.338 e. The number of rotatable bonds is 6. The van der Waals surface area contributed by atoms with E-state index in [0.29, 0.717) is 25.4 Å². The fraction of sp³-hybridized carbons (Fsp3) is 0.415. The fourth-order valence-electron chi connectivity index (χ4n) is 8.21. The Bertz CT molecular complexity index is 2030. The van der Waals surface area contributed by atoms with Crippen molar-refractivity contribution in [2.75, 3.05) is 37.8 Å². The van der Waals surface area contributed by atoms with Crippen LogP contribution in [0.3, 0.4) is 0 Å². The van der Waals surface area contributed by atoms with Gasteiger partial charge in [-0.1, -0.05) is 31.2 Å². The van der Waals surface area contributed by atoms with Gasteiger partial charge in [0.15, 0.2) is 5.54 Å². The van der Waals surface area contributed by atoms with E-state index in [9.17, 15) is 4.79 Å². The zero-order valence-corrected chi connectivity index (χ0v) is 29.3. The molecule has 0 atom stereocenters. The summed E-state index contributed by atoms with van der Waals surface area (Å²) in [7, 11) is 0. The van der Waals surface area contributed by atoms with Gasteiger partial charge in [0.2, 0.25) is 5.36 Å². The zero-order chi connectivity index (χ0) is 33.5. The third-order valence-corrected chi connectivity index (χ3v) is 10.4. The quantitative estimate of drug-likeness (QED) is 0.170. The Hall–Kier alpha value is -4.16. The predicted molar refractivity (Wildman–Crippen MR) is 190 cm³/mol. The highest BCUT2D eigenvalue weighted by atomic mass is 16.5. The van der Waals surface area contributed by atoms with Crippen molar-refractivity contribution in [1.29, 1.82) is 0 Å². The van der Waals surface area contributed by atoms with Gasteiger partial charge in [-0.05, 0) is 82.5 Å². The second-order valence-corrected chi connectivity index (χ2v) is 15.1. The predicted octanol–water partition coefficient (Wildman–Crippen LogP) is 6.96. The first-order valence-electron chi connectivity index (χ1n) is 17.0. The molecule has 0 radical (unpaired) electrons. The van der Waals surface area contributed by atoms with Crippen LogP contribution in [0.4, 0.5) is 5.69 Å². The second-order valence-electron chi connectivity index (χ2n) is 15.1. The Balaban J connectivity index is 1.52. The van der Waals surface area contributed by atoms with Gasteiger partial charge in [-0.3, -0.25) is 0 Å². The molecule has 3 aromatic carbocycles. The fourth-order valence-corrected chi connectivity index (χ4v) is 8.21. The van der Waals surface area contributed by atoms with Crippen molar-refractivity contribution in [3.8, 4) is 11.5 Å². The van der Waals surface area contributed by atoms with Gasteiger partial charge in [0.1, 0.15) is 24.7 Å². The lowest BCUT2D eigenvalue weighted by molar-refractivity contribution is -0.127. The third-order valence-electron chi connectivity index (χ3n) is 10.4. The standard InChI is InChI=1S/C41H47N2O4/c1-10-42-33-18-35-31(16-29(33)25(3)20-39(42,5)6)37(27-14-12-13-15-28(27)38(44)46-24-41(9)22-45-23-41)32-17-30-26(4)21-40(7,8)43(11-2)34(30)19-36(32)47-35/h12-21H,10-11,22-24H2,1-9H3/q+1.